The minimum atomic E-state index is -0.186. The molecule has 0 bridgehead atoms. The summed E-state index contributed by atoms with van der Waals surface area (Å²) >= 11 is 1.35. The van der Waals surface area contributed by atoms with E-state index in [2.05, 4.69) is 16.0 Å². The molecule has 27 heavy (non-hydrogen) atoms. The van der Waals surface area contributed by atoms with E-state index in [1.54, 1.807) is 13.2 Å². The van der Waals surface area contributed by atoms with Gasteiger partial charge in [0.25, 0.3) is 11.8 Å². The molecule has 0 atom stereocenters. The highest BCUT2D eigenvalue weighted by Gasteiger charge is 2.17. The number of benzene rings is 1. The third-order valence-corrected chi connectivity index (χ3v) is 5.40. The van der Waals surface area contributed by atoms with Crippen LogP contribution >= 0.6 is 11.3 Å². The lowest BCUT2D eigenvalue weighted by atomic mass is 10.1. The average molecular weight is 388 g/mol. The van der Waals surface area contributed by atoms with Crippen molar-refractivity contribution in [2.45, 2.75) is 19.3 Å². The fourth-order valence-electron chi connectivity index (χ4n) is 3.13. The maximum Gasteiger partial charge on any atom is 0.256 e. The number of carbonyl (C=O) groups is 2. The molecule has 6 nitrogen and oxygen atoms in total. The van der Waals surface area contributed by atoms with E-state index >= 15 is 0 Å². The van der Waals surface area contributed by atoms with Gasteiger partial charge in [-0.1, -0.05) is 6.07 Å². The van der Waals surface area contributed by atoms with E-state index in [0.717, 1.165) is 25.8 Å². The molecule has 1 aromatic heterocycles. The Labute approximate surface area is 163 Å². The lowest BCUT2D eigenvalue weighted by molar-refractivity contribution is 0.0955. The van der Waals surface area contributed by atoms with Crippen LogP contribution in [-0.2, 0) is 17.6 Å². The largest absolute Gasteiger partial charge is 0.383 e. The summed E-state index contributed by atoms with van der Waals surface area (Å²) in [5.41, 5.74) is 3.72. The normalized spacial score (nSPS) is 12.6. The fraction of sp³-hybridized carbons (Fsp3) is 0.400. The van der Waals surface area contributed by atoms with Gasteiger partial charge in [0, 0.05) is 32.3 Å². The molecule has 0 saturated heterocycles. The van der Waals surface area contributed by atoms with Crippen LogP contribution in [0.4, 0.5) is 5.00 Å². The Bertz CT molecular complexity index is 804. The summed E-state index contributed by atoms with van der Waals surface area (Å²) in [4.78, 5) is 25.0. The van der Waals surface area contributed by atoms with E-state index in [9.17, 15) is 9.59 Å². The van der Waals surface area contributed by atoms with Gasteiger partial charge >= 0.3 is 0 Å². The molecule has 0 saturated carbocycles. The Morgan fingerprint density at radius 2 is 1.93 bits per heavy atom. The topological polar surface area (TPSA) is 79.5 Å². The highest BCUT2D eigenvalue weighted by atomic mass is 32.1. The molecule has 7 heteroatoms. The summed E-state index contributed by atoms with van der Waals surface area (Å²) < 4.78 is 4.95. The molecule has 1 heterocycles. The van der Waals surface area contributed by atoms with Crippen molar-refractivity contribution in [3.63, 3.8) is 0 Å². The van der Waals surface area contributed by atoms with Crippen molar-refractivity contribution in [1.82, 2.24) is 10.6 Å². The van der Waals surface area contributed by atoms with E-state index in [-0.39, 0.29) is 11.8 Å². The first kappa shape index (κ1) is 19.5. The third kappa shape index (κ3) is 5.15. The first-order valence-corrected chi connectivity index (χ1v) is 10.1. The number of rotatable bonds is 9. The van der Waals surface area contributed by atoms with Crippen LogP contribution in [0.25, 0.3) is 0 Å². The predicted molar refractivity (Wildman–Crippen MR) is 108 cm³/mol. The van der Waals surface area contributed by atoms with Crippen molar-refractivity contribution in [3.05, 3.63) is 51.9 Å². The molecule has 2 aromatic rings. The van der Waals surface area contributed by atoms with Crippen molar-refractivity contribution < 1.29 is 14.3 Å². The highest BCUT2D eigenvalue weighted by molar-refractivity contribution is 7.14. The van der Waals surface area contributed by atoms with E-state index < -0.39 is 0 Å². The van der Waals surface area contributed by atoms with Crippen LogP contribution in [0.5, 0.6) is 0 Å². The lowest BCUT2D eigenvalue weighted by Crippen LogP contribution is -2.33. The highest BCUT2D eigenvalue weighted by Crippen LogP contribution is 2.26. The Morgan fingerprint density at radius 3 is 2.78 bits per heavy atom. The number of aryl methyl sites for hydroxylation is 2. The maximum atomic E-state index is 12.6. The summed E-state index contributed by atoms with van der Waals surface area (Å²) in [7, 11) is 1.65. The molecule has 3 N–H and O–H groups in total. The maximum absolute atomic E-state index is 12.6. The van der Waals surface area contributed by atoms with Crippen molar-refractivity contribution in [2.75, 3.05) is 38.7 Å². The second-order valence-electron chi connectivity index (χ2n) is 6.45. The molecular weight excluding hydrogens is 362 g/mol. The summed E-state index contributed by atoms with van der Waals surface area (Å²) in [5.74, 6) is -0.364. The Morgan fingerprint density at radius 1 is 1.07 bits per heavy atom. The van der Waals surface area contributed by atoms with Gasteiger partial charge in [0.2, 0.25) is 0 Å². The van der Waals surface area contributed by atoms with Gasteiger partial charge in [-0.25, -0.2) is 0 Å². The van der Waals surface area contributed by atoms with Crippen LogP contribution in [0.2, 0.25) is 0 Å². The molecule has 0 aliphatic heterocycles. The zero-order valence-electron chi connectivity index (χ0n) is 15.5. The summed E-state index contributed by atoms with van der Waals surface area (Å²) in [6.07, 6.45) is 3.27. The molecule has 1 aliphatic rings. The van der Waals surface area contributed by atoms with Crippen LogP contribution in [0.1, 0.15) is 38.3 Å². The van der Waals surface area contributed by atoms with Crippen molar-refractivity contribution in [1.29, 1.82) is 0 Å². The zero-order chi connectivity index (χ0) is 19.1. The number of ether oxygens (including phenoxy) is 1. The SMILES string of the molecule is COCCNCCNC(=O)c1ccsc1NC(=O)c1ccc2c(c1)CCC2. The second kappa shape index (κ2) is 9.64. The van der Waals surface area contributed by atoms with E-state index in [1.807, 2.05) is 23.6 Å². The van der Waals surface area contributed by atoms with Crippen LogP contribution < -0.4 is 16.0 Å². The first-order chi connectivity index (χ1) is 13.2. The van der Waals surface area contributed by atoms with Gasteiger partial charge in [-0.3, -0.25) is 9.59 Å². The number of carbonyl (C=O) groups excluding carboxylic acids is 2. The molecule has 0 spiro atoms. The van der Waals surface area contributed by atoms with Crippen molar-refractivity contribution >= 4 is 28.2 Å². The molecule has 144 valence electrons. The quantitative estimate of drug-likeness (QED) is 0.578. The minimum absolute atomic E-state index is 0.178. The van der Waals surface area contributed by atoms with Crippen LogP contribution in [0.3, 0.4) is 0 Å². The summed E-state index contributed by atoms with van der Waals surface area (Å²) in [6, 6.07) is 7.60. The van der Waals surface area contributed by atoms with Crippen LogP contribution in [0, 0.1) is 0 Å². The Kier molecular flexibility index (Phi) is 6.98. The smallest absolute Gasteiger partial charge is 0.256 e. The van der Waals surface area contributed by atoms with Gasteiger partial charge in [-0.05, 0) is 54.0 Å². The van der Waals surface area contributed by atoms with Gasteiger partial charge in [-0.15, -0.1) is 11.3 Å². The number of methoxy groups -OCH3 is 1. The Balaban J connectivity index is 1.55. The van der Waals surface area contributed by atoms with E-state index in [4.69, 9.17) is 4.74 Å². The monoisotopic (exact) mass is 387 g/mol. The molecular formula is C20H25N3O3S. The lowest BCUT2D eigenvalue weighted by Gasteiger charge is -2.09. The summed E-state index contributed by atoms with van der Waals surface area (Å²) in [5, 5.41) is 11.3. The standard InChI is InChI=1S/C20H25N3O3S/c1-26-11-10-21-8-9-22-19(25)17-7-12-27-20(17)23-18(24)16-6-5-14-3-2-4-15(14)13-16/h5-7,12-13,21H,2-4,8-11H2,1H3,(H,22,25)(H,23,24). The van der Waals surface area contributed by atoms with Crippen molar-refractivity contribution in [2.24, 2.45) is 0 Å². The van der Waals surface area contributed by atoms with Gasteiger partial charge in [-0.2, -0.15) is 0 Å². The second-order valence-corrected chi connectivity index (χ2v) is 7.37. The Hall–Kier alpha value is -2.22. The summed E-state index contributed by atoms with van der Waals surface area (Å²) in [6.45, 7) is 2.55. The zero-order valence-corrected chi connectivity index (χ0v) is 16.3. The third-order valence-electron chi connectivity index (χ3n) is 4.57. The number of nitrogens with one attached hydrogen (secondary N) is 3. The van der Waals surface area contributed by atoms with E-state index in [1.165, 1.54) is 22.5 Å². The molecule has 1 aliphatic carbocycles. The number of hydrogen-bond acceptors (Lipinski definition) is 5. The number of thiophene rings is 1. The number of amides is 2. The molecule has 0 unspecified atom stereocenters. The number of anilines is 1. The van der Waals surface area contributed by atoms with Gasteiger partial charge in [0.1, 0.15) is 5.00 Å². The van der Waals surface area contributed by atoms with Crippen LogP contribution in [0.15, 0.2) is 29.6 Å². The van der Waals surface area contributed by atoms with Gasteiger partial charge in [0.05, 0.1) is 12.2 Å². The van der Waals surface area contributed by atoms with Crippen molar-refractivity contribution in [3.8, 4) is 0 Å². The molecule has 1 aromatic carbocycles. The van der Waals surface area contributed by atoms with Gasteiger partial charge < -0.3 is 20.7 Å². The van der Waals surface area contributed by atoms with Gasteiger partial charge in [0.15, 0.2) is 0 Å². The first-order valence-electron chi connectivity index (χ1n) is 9.17. The van der Waals surface area contributed by atoms with Crippen LogP contribution in [-0.4, -0.2) is 45.2 Å². The fourth-order valence-corrected chi connectivity index (χ4v) is 3.91. The number of fused-ring (bicyclic) bond motifs is 1. The predicted octanol–water partition coefficient (Wildman–Crippen LogP) is 2.45. The minimum Gasteiger partial charge on any atom is -0.383 e. The molecule has 0 radical (unpaired) electrons. The van der Waals surface area contributed by atoms with E-state index in [0.29, 0.717) is 35.8 Å². The molecule has 3 rings (SSSR count). The molecule has 2 amide bonds. The number of hydrogen-bond donors (Lipinski definition) is 3. The molecule has 0 fully saturated rings. The average Bonchev–Trinajstić information content (AvgIpc) is 3.32.